The molecule has 0 aromatic rings. The largest absolute Gasteiger partial charge is 0.481 e. The molecule has 1 N–H and O–H groups in total. The van der Waals surface area contributed by atoms with Crippen molar-refractivity contribution in [3.05, 3.63) is 0 Å². The number of carbonyl (C=O) groups excluding carboxylic acids is 1. The van der Waals surface area contributed by atoms with E-state index in [9.17, 15) is 14.7 Å². The first kappa shape index (κ1) is 16.3. The van der Waals surface area contributed by atoms with Crippen LogP contribution in [0.25, 0.3) is 0 Å². The van der Waals surface area contributed by atoms with E-state index in [0.29, 0.717) is 12.3 Å². The molecule has 0 radical (unpaired) electrons. The van der Waals surface area contributed by atoms with Crippen molar-refractivity contribution in [2.45, 2.75) is 82.6 Å². The zero-order valence-electron chi connectivity index (χ0n) is 13.3. The van der Waals surface area contributed by atoms with Crippen LogP contribution in [0.3, 0.4) is 0 Å². The van der Waals surface area contributed by atoms with E-state index in [-0.39, 0.29) is 12.3 Å². The van der Waals surface area contributed by atoms with E-state index < -0.39 is 11.5 Å². The monoisotopic (exact) mass is 295 g/mol. The molecule has 2 saturated carbocycles. The van der Waals surface area contributed by atoms with E-state index in [2.05, 4.69) is 0 Å². The van der Waals surface area contributed by atoms with Gasteiger partial charge in [-0.15, -0.1) is 0 Å². The van der Waals surface area contributed by atoms with Crippen LogP contribution in [-0.2, 0) is 9.59 Å². The third-order valence-electron chi connectivity index (χ3n) is 5.59. The number of rotatable bonds is 6. The zero-order chi connectivity index (χ0) is 15.3. The number of hydrogen-bond donors (Lipinski definition) is 1. The number of carboxylic acids is 1. The molecule has 0 aliphatic heterocycles. The second-order valence-corrected chi connectivity index (χ2v) is 7.00. The first-order valence-corrected chi connectivity index (χ1v) is 8.52. The maximum Gasteiger partial charge on any atom is 0.305 e. The molecule has 0 aromatic carbocycles. The summed E-state index contributed by atoms with van der Waals surface area (Å²) in [5, 5.41) is 9.23. The van der Waals surface area contributed by atoms with Gasteiger partial charge in [0.2, 0.25) is 5.91 Å². The Bertz CT molecular complexity index is 368. The van der Waals surface area contributed by atoms with E-state index in [4.69, 9.17) is 0 Å². The lowest BCUT2D eigenvalue weighted by atomic mass is 9.78. The fourth-order valence-corrected chi connectivity index (χ4v) is 4.18. The normalized spacial score (nSPS) is 22.1. The van der Waals surface area contributed by atoms with Crippen LogP contribution in [0.15, 0.2) is 0 Å². The second kappa shape index (κ2) is 7.28. The highest BCUT2D eigenvalue weighted by molar-refractivity contribution is 5.78. The summed E-state index contributed by atoms with van der Waals surface area (Å²) in [7, 11) is 1.82. The van der Waals surface area contributed by atoms with Gasteiger partial charge >= 0.3 is 5.97 Å². The molecule has 2 rings (SSSR count). The van der Waals surface area contributed by atoms with Crippen molar-refractivity contribution in [2.75, 3.05) is 7.05 Å². The molecule has 0 heterocycles. The highest BCUT2D eigenvalue weighted by atomic mass is 16.4. The van der Waals surface area contributed by atoms with Crippen LogP contribution in [-0.4, -0.2) is 34.5 Å². The minimum atomic E-state index is -0.785. The molecule has 0 saturated heterocycles. The summed E-state index contributed by atoms with van der Waals surface area (Å²) in [4.78, 5) is 25.5. The van der Waals surface area contributed by atoms with Gasteiger partial charge in [0.15, 0.2) is 0 Å². The Labute approximate surface area is 127 Å². The van der Waals surface area contributed by atoms with Gasteiger partial charge in [-0.05, 0) is 25.2 Å². The van der Waals surface area contributed by atoms with Crippen molar-refractivity contribution in [3.8, 4) is 0 Å². The Balaban J connectivity index is 1.93. The topological polar surface area (TPSA) is 57.6 Å². The molecule has 120 valence electrons. The highest BCUT2D eigenvalue weighted by Gasteiger charge is 2.40. The summed E-state index contributed by atoms with van der Waals surface area (Å²) in [5.41, 5.74) is -0.434. The quantitative estimate of drug-likeness (QED) is 0.814. The fourth-order valence-electron chi connectivity index (χ4n) is 4.18. The third kappa shape index (κ3) is 4.21. The van der Waals surface area contributed by atoms with Gasteiger partial charge < -0.3 is 10.0 Å². The lowest BCUT2D eigenvalue weighted by molar-refractivity contribution is -0.146. The van der Waals surface area contributed by atoms with Gasteiger partial charge in [-0.1, -0.05) is 44.9 Å². The van der Waals surface area contributed by atoms with Gasteiger partial charge in [-0.25, -0.2) is 0 Å². The van der Waals surface area contributed by atoms with Crippen molar-refractivity contribution in [3.63, 3.8) is 0 Å². The minimum absolute atomic E-state index is 0.0959. The predicted molar refractivity (Wildman–Crippen MR) is 82.0 cm³/mol. The molecule has 4 nitrogen and oxygen atoms in total. The SMILES string of the molecule is CN(C(=O)CCC1CCCC1)C1(CC(=O)O)CCCCC1. The number of amides is 1. The summed E-state index contributed by atoms with van der Waals surface area (Å²) in [6.07, 6.45) is 11.7. The van der Waals surface area contributed by atoms with Gasteiger partial charge in [0, 0.05) is 13.5 Å². The molecular formula is C17H29NO3. The first-order valence-electron chi connectivity index (χ1n) is 8.52. The maximum absolute atomic E-state index is 12.5. The lowest BCUT2D eigenvalue weighted by Gasteiger charge is -2.44. The van der Waals surface area contributed by atoms with E-state index in [1.165, 1.54) is 25.7 Å². The summed E-state index contributed by atoms with van der Waals surface area (Å²) >= 11 is 0. The van der Waals surface area contributed by atoms with Crippen LogP contribution < -0.4 is 0 Å². The summed E-state index contributed by atoms with van der Waals surface area (Å²) in [6, 6.07) is 0. The summed E-state index contributed by atoms with van der Waals surface area (Å²) in [5.74, 6) is 0.0709. The Kier molecular flexibility index (Phi) is 5.65. The average molecular weight is 295 g/mol. The lowest BCUT2D eigenvalue weighted by Crippen LogP contribution is -2.52. The zero-order valence-corrected chi connectivity index (χ0v) is 13.3. The number of nitrogens with zero attached hydrogens (tertiary/aromatic N) is 1. The van der Waals surface area contributed by atoms with Crippen LogP contribution in [0.5, 0.6) is 0 Å². The average Bonchev–Trinajstić information content (AvgIpc) is 2.97. The Morgan fingerprint density at radius 1 is 1.10 bits per heavy atom. The van der Waals surface area contributed by atoms with Crippen molar-refractivity contribution in [1.82, 2.24) is 4.90 Å². The Hall–Kier alpha value is -1.06. The van der Waals surface area contributed by atoms with Crippen molar-refractivity contribution in [2.24, 2.45) is 5.92 Å². The van der Waals surface area contributed by atoms with Crippen molar-refractivity contribution < 1.29 is 14.7 Å². The van der Waals surface area contributed by atoms with Crippen LogP contribution in [0.1, 0.15) is 77.0 Å². The van der Waals surface area contributed by atoms with Gasteiger partial charge in [0.05, 0.1) is 12.0 Å². The second-order valence-electron chi connectivity index (χ2n) is 7.00. The maximum atomic E-state index is 12.5. The summed E-state index contributed by atoms with van der Waals surface area (Å²) < 4.78 is 0. The van der Waals surface area contributed by atoms with Crippen LogP contribution in [0.2, 0.25) is 0 Å². The minimum Gasteiger partial charge on any atom is -0.481 e. The molecule has 2 aliphatic rings. The number of hydrogen-bond acceptors (Lipinski definition) is 2. The van der Waals surface area contributed by atoms with E-state index in [1.54, 1.807) is 4.90 Å². The van der Waals surface area contributed by atoms with E-state index in [0.717, 1.165) is 38.5 Å². The summed E-state index contributed by atoms with van der Waals surface area (Å²) in [6.45, 7) is 0. The van der Waals surface area contributed by atoms with Crippen molar-refractivity contribution in [1.29, 1.82) is 0 Å². The molecular weight excluding hydrogens is 266 g/mol. The molecule has 2 fully saturated rings. The van der Waals surface area contributed by atoms with Gasteiger partial charge in [-0.2, -0.15) is 0 Å². The smallest absolute Gasteiger partial charge is 0.305 e. The molecule has 4 heteroatoms. The predicted octanol–water partition coefficient (Wildman–Crippen LogP) is 3.59. The standard InChI is InChI=1S/C17H29NO3/c1-18(15(19)10-9-14-7-3-4-8-14)17(13-16(20)21)11-5-2-6-12-17/h14H,2-13H2,1H3,(H,20,21). The fraction of sp³-hybridized carbons (Fsp3) is 0.882. The van der Waals surface area contributed by atoms with E-state index >= 15 is 0 Å². The number of aliphatic carboxylic acids is 1. The van der Waals surface area contributed by atoms with Crippen LogP contribution in [0.4, 0.5) is 0 Å². The van der Waals surface area contributed by atoms with Crippen LogP contribution in [0, 0.1) is 5.92 Å². The van der Waals surface area contributed by atoms with Gasteiger partial charge in [0.25, 0.3) is 0 Å². The molecule has 0 spiro atoms. The molecule has 0 aromatic heterocycles. The molecule has 2 aliphatic carbocycles. The van der Waals surface area contributed by atoms with Crippen LogP contribution >= 0.6 is 0 Å². The highest BCUT2D eigenvalue weighted by Crippen LogP contribution is 2.37. The Morgan fingerprint density at radius 2 is 1.71 bits per heavy atom. The van der Waals surface area contributed by atoms with Crippen molar-refractivity contribution >= 4 is 11.9 Å². The molecule has 1 amide bonds. The molecule has 0 bridgehead atoms. The molecule has 0 unspecified atom stereocenters. The third-order valence-corrected chi connectivity index (χ3v) is 5.59. The number of carbonyl (C=O) groups is 2. The van der Waals surface area contributed by atoms with Gasteiger partial charge in [-0.3, -0.25) is 9.59 Å². The molecule has 21 heavy (non-hydrogen) atoms. The van der Waals surface area contributed by atoms with E-state index in [1.807, 2.05) is 7.05 Å². The molecule has 0 atom stereocenters. The Morgan fingerprint density at radius 3 is 2.29 bits per heavy atom. The number of carboxylic acid groups (broad SMARTS) is 1. The first-order chi connectivity index (χ1) is 10.0. The van der Waals surface area contributed by atoms with Gasteiger partial charge in [0.1, 0.15) is 0 Å².